The molecule has 0 amide bonds. The highest BCUT2D eigenvalue weighted by molar-refractivity contribution is 5.42. The van der Waals surface area contributed by atoms with Crippen molar-refractivity contribution in [3.8, 4) is 0 Å². The monoisotopic (exact) mass is 151 g/mol. The van der Waals surface area contributed by atoms with E-state index < -0.39 is 0 Å². The van der Waals surface area contributed by atoms with Crippen molar-refractivity contribution < 1.29 is 0 Å². The van der Waals surface area contributed by atoms with E-state index in [9.17, 15) is 4.79 Å². The molecule has 0 N–H and O–H groups in total. The highest BCUT2D eigenvalue weighted by atomic mass is 16.1. The fraction of sp³-hybridized carbons (Fsp3) is 0.429. The van der Waals surface area contributed by atoms with Crippen LogP contribution < -0.4 is 10.6 Å². The molecule has 1 saturated heterocycles. The van der Waals surface area contributed by atoms with Gasteiger partial charge in [-0.2, -0.15) is 4.98 Å². The van der Waals surface area contributed by atoms with Gasteiger partial charge in [0.2, 0.25) is 0 Å². The Hall–Kier alpha value is -1.32. The summed E-state index contributed by atoms with van der Waals surface area (Å²) in [5.74, 6) is 0.799. The van der Waals surface area contributed by atoms with E-state index in [0.717, 1.165) is 18.9 Å². The van der Waals surface area contributed by atoms with Gasteiger partial charge in [0, 0.05) is 26.3 Å². The Kier molecular flexibility index (Phi) is 1.21. The summed E-state index contributed by atoms with van der Waals surface area (Å²) < 4.78 is 1.47. The van der Waals surface area contributed by atoms with Crippen LogP contribution in [0.1, 0.15) is 0 Å². The Morgan fingerprint density at radius 1 is 1.55 bits per heavy atom. The molecular formula is C7H9N3O. The zero-order valence-electron chi connectivity index (χ0n) is 6.32. The van der Waals surface area contributed by atoms with Gasteiger partial charge >= 0.3 is 5.69 Å². The van der Waals surface area contributed by atoms with Crippen molar-refractivity contribution in [3.05, 3.63) is 22.7 Å². The molecule has 11 heavy (non-hydrogen) atoms. The number of hydrogen-bond acceptors (Lipinski definition) is 3. The van der Waals surface area contributed by atoms with E-state index in [2.05, 4.69) is 4.98 Å². The second-order valence-electron chi connectivity index (χ2n) is 2.67. The number of aryl methyl sites for hydroxylation is 1. The van der Waals surface area contributed by atoms with Gasteiger partial charge in [0.25, 0.3) is 0 Å². The second-order valence-corrected chi connectivity index (χ2v) is 2.67. The molecule has 1 aromatic heterocycles. The molecule has 0 aromatic carbocycles. The van der Waals surface area contributed by atoms with Gasteiger partial charge in [0.05, 0.1) is 0 Å². The molecule has 0 aliphatic carbocycles. The van der Waals surface area contributed by atoms with E-state index in [1.54, 1.807) is 13.2 Å². The van der Waals surface area contributed by atoms with Crippen LogP contribution in [0.3, 0.4) is 0 Å². The van der Waals surface area contributed by atoms with Crippen LogP contribution in [0.4, 0.5) is 5.82 Å². The van der Waals surface area contributed by atoms with Gasteiger partial charge in [-0.15, -0.1) is 0 Å². The summed E-state index contributed by atoms with van der Waals surface area (Å²) in [6, 6.07) is 1.86. The molecule has 1 aliphatic rings. The Morgan fingerprint density at radius 3 is 2.82 bits per heavy atom. The molecule has 1 aliphatic heterocycles. The van der Waals surface area contributed by atoms with Crippen LogP contribution in [0, 0.1) is 0 Å². The van der Waals surface area contributed by atoms with Gasteiger partial charge in [-0.25, -0.2) is 4.79 Å². The van der Waals surface area contributed by atoms with Crippen LogP contribution in [0.25, 0.3) is 0 Å². The van der Waals surface area contributed by atoms with E-state index in [1.165, 1.54) is 4.57 Å². The first kappa shape index (κ1) is 6.39. The molecule has 2 heterocycles. The van der Waals surface area contributed by atoms with Crippen LogP contribution >= 0.6 is 0 Å². The lowest BCUT2D eigenvalue weighted by Crippen LogP contribution is -2.20. The fourth-order valence-corrected chi connectivity index (χ4v) is 0.912. The maximum atomic E-state index is 11.0. The number of nitrogens with zero attached hydrogens (tertiary/aromatic N) is 3. The van der Waals surface area contributed by atoms with Crippen molar-refractivity contribution in [1.29, 1.82) is 0 Å². The Morgan fingerprint density at radius 2 is 2.27 bits per heavy atom. The zero-order chi connectivity index (χ0) is 7.84. The van der Waals surface area contributed by atoms with Gasteiger partial charge in [-0.3, -0.25) is 0 Å². The quantitative estimate of drug-likeness (QED) is 0.512. The maximum absolute atomic E-state index is 11.0. The van der Waals surface area contributed by atoms with E-state index in [4.69, 9.17) is 0 Å². The average Bonchev–Trinajstić information content (AvgIpc) is 2.77. The molecule has 4 nitrogen and oxygen atoms in total. The lowest BCUT2D eigenvalue weighted by molar-refractivity contribution is 0.809. The van der Waals surface area contributed by atoms with Gasteiger partial charge in [-0.1, -0.05) is 0 Å². The molecule has 0 spiro atoms. The Labute approximate surface area is 64.1 Å². The van der Waals surface area contributed by atoms with Crippen molar-refractivity contribution in [3.63, 3.8) is 0 Å². The van der Waals surface area contributed by atoms with Crippen molar-refractivity contribution in [2.24, 2.45) is 7.05 Å². The lowest BCUT2D eigenvalue weighted by atomic mass is 10.6. The molecule has 58 valence electrons. The number of rotatable bonds is 1. The minimum Gasteiger partial charge on any atom is -0.353 e. The molecule has 1 fully saturated rings. The summed E-state index contributed by atoms with van der Waals surface area (Å²) >= 11 is 0. The third kappa shape index (κ3) is 1.11. The molecular weight excluding hydrogens is 142 g/mol. The van der Waals surface area contributed by atoms with Crippen LogP contribution in [-0.4, -0.2) is 22.6 Å². The fourth-order valence-electron chi connectivity index (χ4n) is 0.912. The first-order valence-corrected chi connectivity index (χ1v) is 3.56. The molecule has 0 saturated carbocycles. The highest BCUT2D eigenvalue weighted by Gasteiger charge is 2.19. The average molecular weight is 151 g/mol. The van der Waals surface area contributed by atoms with E-state index in [1.807, 2.05) is 11.0 Å². The second kappa shape index (κ2) is 2.08. The lowest BCUT2D eigenvalue weighted by Gasteiger charge is -2.00. The standard InChI is InChI=1S/C7H9N3O/c1-9-3-2-6(8-7(9)11)10-4-5-10/h2-3H,4-5H2,1H3. The smallest absolute Gasteiger partial charge is 0.349 e. The minimum absolute atomic E-state index is 0.186. The molecule has 2 rings (SSSR count). The van der Waals surface area contributed by atoms with Crippen LogP contribution in [0.15, 0.2) is 17.1 Å². The van der Waals surface area contributed by atoms with Crippen molar-refractivity contribution in [2.75, 3.05) is 18.0 Å². The van der Waals surface area contributed by atoms with E-state index in [-0.39, 0.29) is 5.69 Å². The van der Waals surface area contributed by atoms with E-state index in [0.29, 0.717) is 0 Å². The van der Waals surface area contributed by atoms with Crippen molar-refractivity contribution in [2.45, 2.75) is 0 Å². The first-order chi connectivity index (χ1) is 5.27. The number of aromatic nitrogens is 2. The van der Waals surface area contributed by atoms with Crippen LogP contribution in [-0.2, 0) is 7.05 Å². The normalized spacial score (nSPS) is 15.2. The van der Waals surface area contributed by atoms with Crippen LogP contribution in [0.2, 0.25) is 0 Å². The predicted molar refractivity (Wildman–Crippen MR) is 41.7 cm³/mol. The predicted octanol–water partition coefficient (Wildman–Crippen LogP) is -0.400. The molecule has 0 radical (unpaired) electrons. The highest BCUT2D eigenvalue weighted by Crippen LogP contribution is 2.14. The van der Waals surface area contributed by atoms with Crippen molar-refractivity contribution >= 4 is 5.82 Å². The maximum Gasteiger partial charge on any atom is 0.349 e. The zero-order valence-corrected chi connectivity index (χ0v) is 6.32. The van der Waals surface area contributed by atoms with Crippen molar-refractivity contribution in [1.82, 2.24) is 9.55 Å². The number of anilines is 1. The van der Waals surface area contributed by atoms with E-state index >= 15 is 0 Å². The first-order valence-electron chi connectivity index (χ1n) is 3.56. The molecule has 0 bridgehead atoms. The van der Waals surface area contributed by atoms with Gasteiger partial charge in [0.1, 0.15) is 5.82 Å². The molecule has 4 heteroatoms. The summed E-state index contributed by atoms with van der Waals surface area (Å²) in [6.07, 6.45) is 1.74. The topological polar surface area (TPSA) is 37.9 Å². The van der Waals surface area contributed by atoms with Gasteiger partial charge in [-0.05, 0) is 6.07 Å². The third-order valence-electron chi connectivity index (χ3n) is 1.73. The van der Waals surface area contributed by atoms with Crippen LogP contribution in [0.5, 0.6) is 0 Å². The Bertz CT molecular complexity index is 327. The minimum atomic E-state index is -0.186. The van der Waals surface area contributed by atoms with Gasteiger partial charge < -0.3 is 9.47 Å². The summed E-state index contributed by atoms with van der Waals surface area (Å²) in [5, 5.41) is 0. The summed E-state index contributed by atoms with van der Waals surface area (Å²) in [5.41, 5.74) is -0.186. The molecule has 0 unspecified atom stereocenters. The SMILES string of the molecule is Cn1ccc(N2CC2)nc1=O. The number of hydrogen-bond donors (Lipinski definition) is 0. The summed E-state index contributed by atoms with van der Waals surface area (Å²) in [4.78, 5) is 16.9. The molecule has 0 atom stereocenters. The van der Waals surface area contributed by atoms with Gasteiger partial charge in [0.15, 0.2) is 0 Å². The molecule has 1 aromatic rings. The third-order valence-corrected chi connectivity index (χ3v) is 1.73. The Balaban J connectivity index is 2.44. The summed E-state index contributed by atoms with van der Waals surface area (Å²) in [7, 11) is 1.70. The largest absolute Gasteiger partial charge is 0.353 e. The summed E-state index contributed by atoms with van der Waals surface area (Å²) in [6.45, 7) is 2.06.